The van der Waals surface area contributed by atoms with E-state index in [2.05, 4.69) is 9.99 Å². The molecule has 0 unspecified atom stereocenters. The zero-order valence-electron chi connectivity index (χ0n) is 11.4. The van der Waals surface area contributed by atoms with Gasteiger partial charge in [-0.3, -0.25) is 0 Å². The molecule has 0 heterocycles. The van der Waals surface area contributed by atoms with Crippen LogP contribution in [0.2, 0.25) is 0 Å². The van der Waals surface area contributed by atoms with Gasteiger partial charge < -0.3 is 6.87 Å². The number of rotatable bonds is 12. The Morgan fingerprint density at radius 3 is 1.59 bits per heavy atom. The van der Waals surface area contributed by atoms with Crippen molar-refractivity contribution in [3.8, 4) is 0 Å². The first-order valence-corrected chi connectivity index (χ1v) is 9.10. The van der Waals surface area contributed by atoms with Crippen LogP contribution in [0.5, 0.6) is 0 Å². The van der Waals surface area contributed by atoms with E-state index < -0.39 is 21.1 Å². The third-order valence-electron chi connectivity index (χ3n) is 2.66. The molecule has 0 aliphatic carbocycles. The third-order valence-corrected chi connectivity index (χ3v) is 3.61. The van der Waals surface area contributed by atoms with E-state index in [1.54, 1.807) is 0 Å². The largest absolute Gasteiger partial charge is 0.506 e. The van der Waals surface area contributed by atoms with Crippen molar-refractivity contribution in [2.24, 2.45) is 0 Å². The predicted octanol–water partition coefficient (Wildman–Crippen LogP) is -1.37. The van der Waals surface area contributed by atoms with E-state index in [0.29, 0.717) is 6.61 Å². The monoisotopic (exact) mass is 367 g/mol. The zero-order chi connectivity index (χ0) is 12.1. The molecule has 0 saturated heterocycles. The second-order valence-corrected chi connectivity index (χ2v) is 5.89. The van der Waals surface area contributed by atoms with Crippen LogP contribution in [0, 0.1) is 0 Å². The van der Waals surface area contributed by atoms with Gasteiger partial charge in [-0.1, -0.05) is 64.7 Å². The fraction of sp³-hybridized carbons (Fsp3) is 1.00. The van der Waals surface area contributed by atoms with E-state index in [9.17, 15) is 6.87 Å². The minimum Gasteiger partial charge on any atom is -0.396 e. The molecule has 0 aromatic rings. The van der Waals surface area contributed by atoms with Crippen molar-refractivity contribution in [2.75, 3.05) is 6.61 Å². The molecule has 0 atom stereocenters. The SMILES string of the molecule is CCCCCCCCCCCCO[I+2]([O-])[O-].[Na]. The van der Waals surface area contributed by atoms with Gasteiger partial charge in [-0.05, 0) is 9.49 Å². The standard InChI is InChI=1S/C12H25IO3.Na/c1-2-3-4-5-6-7-8-9-10-11-12-16-13(14)15;/h2-12H2,1H3;. The molecule has 0 rings (SSSR count). The minimum absolute atomic E-state index is 0. The van der Waals surface area contributed by atoms with Crippen LogP contribution in [0.4, 0.5) is 0 Å². The van der Waals surface area contributed by atoms with Crippen LogP contribution in [-0.2, 0) is 3.07 Å². The number of unbranched alkanes of at least 4 members (excludes halogenated alkanes) is 9. The maximum Gasteiger partial charge on any atom is 0.506 e. The molecule has 0 aliphatic rings. The van der Waals surface area contributed by atoms with Crippen molar-refractivity contribution in [3.05, 3.63) is 0 Å². The quantitative estimate of drug-likeness (QED) is 0.243. The number of halogens is 1. The molecule has 5 heteroatoms. The summed E-state index contributed by atoms with van der Waals surface area (Å²) in [5.74, 6) is 0. The first-order chi connectivity index (χ1) is 7.77. The summed E-state index contributed by atoms with van der Waals surface area (Å²) in [5, 5.41) is 0. The summed E-state index contributed by atoms with van der Waals surface area (Å²) >= 11 is -3.40. The summed E-state index contributed by atoms with van der Waals surface area (Å²) < 4.78 is 24.9. The first-order valence-electron chi connectivity index (χ1n) is 6.46. The third kappa shape index (κ3) is 20.1. The van der Waals surface area contributed by atoms with Gasteiger partial charge in [0.15, 0.2) is 0 Å². The zero-order valence-corrected chi connectivity index (χ0v) is 15.5. The Hall–Kier alpha value is 1.61. The van der Waals surface area contributed by atoms with Gasteiger partial charge in [0.25, 0.3) is 0 Å². The van der Waals surface area contributed by atoms with E-state index in [1.165, 1.54) is 51.4 Å². The van der Waals surface area contributed by atoms with Crippen LogP contribution >= 0.6 is 0 Å². The van der Waals surface area contributed by atoms with E-state index >= 15 is 0 Å². The molecule has 0 spiro atoms. The number of hydrogen-bond acceptors (Lipinski definition) is 3. The minimum atomic E-state index is -3.40. The average molecular weight is 367 g/mol. The smallest absolute Gasteiger partial charge is 0.396 e. The molecule has 0 aliphatic heterocycles. The maximum absolute atomic E-state index is 10.2. The normalized spacial score (nSPS) is 10.6. The summed E-state index contributed by atoms with van der Waals surface area (Å²) in [6, 6.07) is 0. The second kappa shape index (κ2) is 17.6. The Kier molecular flexibility index (Phi) is 21.7. The van der Waals surface area contributed by atoms with Crippen molar-refractivity contribution >= 4 is 29.6 Å². The molecule has 1 radical (unpaired) electrons. The van der Waals surface area contributed by atoms with Gasteiger partial charge in [0.1, 0.15) is 6.61 Å². The predicted molar refractivity (Wildman–Crippen MR) is 63.6 cm³/mol. The van der Waals surface area contributed by atoms with E-state index in [-0.39, 0.29) is 29.6 Å². The average Bonchev–Trinajstić information content (AvgIpc) is 2.25. The molecule has 0 N–H and O–H groups in total. The number of hydrogen-bond donors (Lipinski definition) is 0. The Balaban J connectivity index is 0. The summed E-state index contributed by atoms with van der Waals surface area (Å²) in [7, 11) is 0. The summed E-state index contributed by atoms with van der Waals surface area (Å²) in [5.41, 5.74) is 0. The molecular formula is C12H25INaO3. The molecule has 0 aromatic carbocycles. The van der Waals surface area contributed by atoms with Gasteiger partial charge >= 0.3 is 21.1 Å². The van der Waals surface area contributed by atoms with Crippen molar-refractivity contribution in [1.29, 1.82) is 0 Å². The Bertz CT molecular complexity index is 137. The topological polar surface area (TPSA) is 55.3 Å². The van der Waals surface area contributed by atoms with Crippen molar-refractivity contribution in [1.82, 2.24) is 0 Å². The molecule has 99 valence electrons. The fourth-order valence-corrected chi connectivity index (χ4v) is 2.38. The first kappa shape index (κ1) is 20.9. The Morgan fingerprint density at radius 1 is 0.765 bits per heavy atom. The molecule has 0 amide bonds. The molecule has 3 nitrogen and oxygen atoms in total. The van der Waals surface area contributed by atoms with Gasteiger partial charge in [0.2, 0.25) is 0 Å². The van der Waals surface area contributed by atoms with Crippen LogP contribution in [0.15, 0.2) is 0 Å². The summed E-state index contributed by atoms with van der Waals surface area (Å²) in [6.07, 6.45) is 12.6. The molecule has 17 heavy (non-hydrogen) atoms. The van der Waals surface area contributed by atoms with Crippen LogP contribution in [0.25, 0.3) is 0 Å². The van der Waals surface area contributed by atoms with E-state index in [4.69, 9.17) is 0 Å². The van der Waals surface area contributed by atoms with Crippen LogP contribution in [0.1, 0.15) is 71.1 Å². The van der Waals surface area contributed by atoms with Gasteiger partial charge in [-0.2, -0.15) is 0 Å². The fourth-order valence-electron chi connectivity index (χ4n) is 1.71. The van der Waals surface area contributed by atoms with Gasteiger partial charge in [0, 0.05) is 29.6 Å². The van der Waals surface area contributed by atoms with E-state index in [1.807, 2.05) is 0 Å². The van der Waals surface area contributed by atoms with Crippen molar-refractivity contribution in [2.45, 2.75) is 71.1 Å². The van der Waals surface area contributed by atoms with Crippen LogP contribution in [-0.4, -0.2) is 36.2 Å². The van der Waals surface area contributed by atoms with Gasteiger partial charge in [-0.15, -0.1) is 0 Å². The summed E-state index contributed by atoms with van der Waals surface area (Å²) in [4.78, 5) is 0. The van der Waals surface area contributed by atoms with Gasteiger partial charge in [0.05, 0.1) is 0 Å². The molecule has 0 fully saturated rings. The maximum atomic E-state index is 10.2. The Morgan fingerprint density at radius 2 is 1.18 bits per heavy atom. The molecular weight excluding hydrogens is 342 g/mol. The van der Waals surface area contributed by atoms with Crippen molar-refractivity contribution < 1.29 is 31.0 Å². The second-order valence-electron chi connectivity index (χ2n) is 4.18. The van der Waals surface area contributed by atoms with Crippen molar-refractivity contribution in [3.63, 3.8) is 0 Å². The van der Waals surface area contributed by atoms with E-state index in [0.717, 1.165) is 12.8 Å². The molecule has 0 aromatic heterocycles. The molecule has 0 saturated carbocycles. The van der Waals surface area contributed by atoms with Gasteiger partial charge in [-0.25, -0.2) is 0 Å². The summed E-state index contributed by atoms with van der Waals surface area (Å²) in [6.45, 7) is 2.63. The van der Waals surface area contributed by atoms with Crippen LogP contribution in [0.3, 0.4) is 0 Å². The van der Waals surface area contributed by atoms with Crippen LogP contribution < -0.4 is 27.9 Å². The Labute approximate surface area is 137 Å². The molecule has 0 bridgehead atoms.